The Bertz CT molecular complexity index is 674. The molecule has 2 rings (SSSR count). The van der Waals surface area contributed by atoms with Gasteiger partial charge in [0.1, 0.15) is 5.75 Å². The minimum atomic E-state index is -0.191. The summed E-state index contributed by atoms with van der Waals surface area (Å²) in [6.45, 7) is 5.48. The first-order valence-corrected chi connectivity index (χ1v) is 7.95. The largest absolute Gasteiger partial charge is 0.483 e. The molecular formula is C18H21ClN2O2. The quantitative estimate of drug-likeness (QED) is 0.811. The number of carbonyl (C=O) groups is 1. The van der Waals surface area contributed by atoms with Crippen LogP contribution >= 0.6 is 11.6 Å². The summed E-state index contributed by atoms with van der Waals surface area (Å²) < 4.78 is 5.56. The standard InChI is InChI=1S/C18H21ClN2O2/c1-3-20-11-14-6-4-5-7-16(14)21-18(22)12-23-17-9-8-15(19)10-13(17)2/h4-10,20H,3,11-12H2,1-2H3,(H,21,22). The van der Waals surface area contributed by atoms with Crippen molar-refractivity contribution in [2.24, 2.45) is 0 Å². The molecule has 0 fully saturated rings. The molecular weight excluding hydrogens is 312 g/mol. The molecule has 0 bridgehead atoms. The summed E-state index contributed by atoms with van der Waals surface area (Å²) in [6, 6.07) is 13.0. The van der Waals surface area contributed by atoms with E-state index in [1.54, 1.807) is 18.2 Å². The molecule has 0 saturated heterocycles. The molecule has 0 aromatic heterocycles. The molecule has 5 heteroatoms. The third-order valence-corrected chi connectivity index (χ3v) is 3.59. The molecule has 0 atom stereocenters. The third-order valence-electron chi connectivity index (χ3n) is 3.35. The van der Waals surface area contributed by atoms with Gasteiger partial charge in [0.05, 0.1) is 0 Å². The smallest absolute Gasteiger partial charge is 0.262 e. The van der Waals surface area contributed by atoms with Gasteiger partial charge in [0.15, 0.2) is 6.61 Å². The fourth-order valence-electron chi connectivity index (χ4n) is 2.16. The SMILES string of the molecule is CCNCc1ccccc1NC(=O)COc1ccc(Cl)cc1C. The molecule has 0 saturated carbocycles. The van der Waals surface area contributed by atoms with Gasteiger partial charge in [-0.2, -0.15) is 0 Å². The number of ether oxygens (including phenoxy) is 1. The molecule has 0 heterocycles. The molecule has 0 aliphatic heterocycles. The lowest BCUT2D eigenvalue weighted by atomic mass is 10.1. The molecule has 2 aromatic rings. The summed E-state index contributed by atoms with van der Waals surface area (Å²) in [5.74, 6) is 0.466. The van der Waals surface area contributed by atoms with E-state index in [0.717, 1.165) is 23.4 Å². The number of anilines is 1. The Kier molecular flexibility index (Phi) is 6.44. The van der Waals surface area contributed by atoms with Gasteiger partial charge in [-0.3, -0.25) is 4.79 Å². The molecule has 2 N–H and O–H groups in total. The van der Waals surface area contributed by atoms with E-state index in [1.807, 2.05) is 38.1 Å². The van der Waals surface area contributed by atoms with Crippen molar-refractivity contribution < 1.29 is 9.53 Å². The van der Waals surface area contributed by atoms with Gasteiger partial charge in [-0.15, -0.1) is 0 Å². The van der Waals surface area contributed by atoms with Crippen molar-refractivity contribution in [1.82, 2.24) is 5.32 Å². The summed E-state index contributed by atoms with van der Waals surface area (Å²) >= 11 is 5.91. The average Bonchev–Trinajstić information content (AvgIpc) is 2.53. The average molecular weight is 333 g/mol. The first kappa shape index (κ1) is 17.3. The number of aryl methyl sites for hydroxylation is 1. The lowest BCUT2D eigenvalue weighted by molar-refractivity contribution is -0.118. The number of halogens is 1. The lowest BCUT2D eigenvalue weighted by Crippen LogP contribution is -2.22. The zero-order valence-electron chi connectivity index (χ0n) is 13.4. The Morgan fingerprint density at radius 1 is 1.22 bits per heavy atom. The molecule has 122 valence electrons. The van der Waals surface area contributed by atoms with Crippen LogP contribution in [0.25, 0.3) is 0 Å². The van der Waals surface area contributed by atoms with E-state index in [4.69, 9.17) is 16.3 Å². The predicted molar refractivity (Wildman–Crippen MR) is 94.1 cm³/mol. The highest BCUT2D eigenvalue weighted by Crippen LogP contribution is 2.22. The molecule has 4 nitrogen and oxygen atoms in total. The summed E-state index contributed by atoms with van der Waals surface area (Å²) in [4.78, 5) is 12.1. The van der Waals surface area contributed by atoms with Crippen molar-refractivity contribution in [3.05, 3.63) is 58.6 Å². The maximum atomic E-state index is 12.1. The van der Waals surface area contributed by atoms with Gasteiger partial charge in [0.25, 0.3) is 5.91 Å². The van der Waals surface area contributed by atoms with E-state index in [0.29, 0.717) is 17.3 Å². The normalized spacial score (nSPS) is 10.4. The van der Waals surface area contributed by atoms with Gasteiger partial charge in [-0.05, 0) is 48.9 Å². The van der Waals surface area contributed by atoms with Crippen LogP contribution in [-0.2, 0) is 11.3 Å². The Morgan fingerprint density at radius 2 is 2.00 bits per heavy atom. The zero-order chi connectivity index (χ0) is 16.7. The van der Waals surface area contributed by atoms with Crippen molar-refractivity contribution in [3.8, 4) is 5.75 Å². The topological polar surface area (TPSA) is 50.4 Å². The maximum Gasteiger partial charge on any atom is 0.262 e. The first-order valence-electron chi connectivity index (χ1n) is 7.57. The minimum absolute atomic E-state index is 0.0436. The van der Waals surface area contributed by atoms with Crippen molar-refractivity contribution in [2.45, 2.75) is 20.4 Å². The third kappa shape index (κ3) is 5.27. The number of hydrogen-bond donors (Lipinski definition) is 2. The van der Waals surface area contributed by atoms with Crippen LogP contribution in [0.2, 0.25) is 5.02 Å². The van der Waals surface area contributed by atoms with Crippen LogP contribution in [0.1, 0.15) is 18.1 Å². The molecule has 0 spiro atoms. The van der Waals surface area contributed by atoms with Crippen molar-refractivity contribution in [1.29, 1.82) is 0 Å². The summed E-state index contributed by atoms with van der Waals surface area (Å²) in [7, 11) is 0. The monoisotopic (exact) mass is 332 g/mol. The number of amides is 1. The number of nitrogens with one attached hydrogen (secondary N) is 2. The van der Waals surface area contributed by atoms with Crippen molar-refractivity contribution in [3.63, 3.8) is 0 Å². The van der Waals surface area contributed by atoms with Crippen LogP contribution in [0.15, 0.2) is 42.5 Å². The summed E-state index contributed by atoms with van der Waals surface area (Å²) in [6.07, 6.45) is 0. The van der Waals surface area contributed by atoms with Gasteiger partial charge in [0, 0.05) is 17.3 Å². The highest BCUT2D eigenvalue weighted by atomic mass is 35.5. The van der Waals surface area contributed by atoms with Crippen LogP contribution in [0.4, 0.5) is 5.69 Å². The van der Waals surface area contributed by atoms with E-state index in [2.05, 4.69) is 10.6 Å². The second kappa shape index (κ2) is 8.56. The van der Waals surface area contributed by atoms with Gasteiger partial charge < -0.3 is 15.4 Å². The van der Waals surface area contributed by atoms with Crippen LogP contribution in [0.3, 0.4) is 0 Å². The number of hydrogen-bond acceptors (Lipinski definition) is 3. The summed E-state index contributed by atoms with van der Waals surface area (Å²) in [5.41, 5.74) is 2.75. The molecule has 0 aliphatic carbocycles. The van der Waals surface area contributed by atoms with E-state index < -0.39 is 0 Å². The highest BCUT2D eigenvalue weighted by Gasteiger charge is 2.08. The van der Waals surface area contributed by atoms with Crippen molar-refractivity contribution >= 4 is 23.2 Å². The van der Waals surface area contributed by atoms with E-state index >= 15 is 0 Å². The van der Waals surface area contributed by atoms with Gasteiger partial charge in [0.2, 0.25) is 0 Å². The number of para-hydroxylation sites is 1. The second-order valence-electron chi connectivity index (χ2n) is 5.18. The van der Waals surface area contributed by atoms with Gasteiger partial charge in [-0.1, -0.05) is 36.7 Å². The van der Waals surface area contributed by atoms with Gasteiger partial charge >= 0.3 is 0 Å². The van der Waals surface area contributed by atoms with Gasteiger partial charge in [-0.25, -0.2) is 0 Å². The predicted octanol–water partition coefficient (Wildman–Crippen LogP) is 3.78. The fraction of sp³-hybridized carbons (Fsp3) is 0.278. The zero-order valence-corrected chi connectivity index (χ0v) is 14.1. The van der Waals surface area contributed by atoms with Crippen LogP contribution in [0.5, 0.6) is 5.75 Å². The number of rotatable bonds is 7. The summed E-state index contributed by atoms with van der Waals surface area (Å²) in [5, 5.41) is 6.79. The fourth-order valence-corrected chi connectivity index (χ4v) is 2.39. The number of benzene rings is 2. The molecule has 0 aliphatic rings. The number of carbonyl (C=O) groups excluding carboxylic acids is 1. The molecule has 0 unspecified atom stereocenters. The van der Waals surface area contributed by atoms with Crippen LogP contribution in [-0.4, -0.2) is 19.1 Å². The highest BCUT2D eigenvalue weighted by molar-refractivity contribution is 6.30. The lowest BCUT2D eigenvalue weighted by Gasteiger charge is -2.13. The van der Waals surface area contributed by atoms with E-state index in [1.165, 1.54) is 0 Å². The Balaban J connectivity index is 1.94. The van der Waals surface area contributed by atoms with Crippen molar-refractivity contribution in [2.75, 3.05) is 18.5 Å². The van der Waals surface area contributed by atoms with E-state index in [9.17, 15) is 4.79 Å². The van der Waals surface area contributed by atoms with Crippen LogP contribution in [0, 0.1) is 6.92 Å². The maximum absolute atomic E-state index is 12.1. The molecule has 0 radical (unpaired) electrons. The Labute approximate surface area is 141 Å². The first-order chi connectivity index (χ1) is 11.1. The Morgan fingerprint density at radius 3 is 2.74 bits per heavy atom. The molecule has 2 aromatic carbocycles. The molecule has 1 amide bonds. The molecule has 23 heavy (non-hydrogen) atoms. The van der Waals surface area contributed by atoms with E-state index in [-0.39, 0.29) is 12.5 Å². The van der Waals surface area contributed by atoms with Crippen LogP contribution < -0.4 is 15.4 Å². The minimum Gasteiger partial charge on any atom is -0.483 e. The Hall–Kier alpha value is -2.04. The second-order valence-corrected chi connectivity index (χ2v) is 5.62.